The smallest absolute Gasteiger partial charge is 0.181 e. The molecule has 0 radical (unpaired) electrons. The summed E-state index contributed by atoms with van der Waals surface area (Å²) in [6.07, 6.45) is 0. The Kier molecular flexibility index (Phi) is 3.37. The van der Waals surface area contributed by atoms with Crippen molar-refractivity contribution in [1.29, 1.82) is 0 Å². The van der Waals surface area contributed by atoms with E-state index >= 15 is 0 Å². The highest BCUT2D eigenvalue weighted by molar-refractivity contribution is 8.12. The maximum Gasteiger partial charge on any atom is 0.181 e. The molecule has 0 bridgehead atoms. The number of ether oxygens (including phenoxy) is 1. The van der Waals surface area contributed by atoms with Crippen molar-refractivity contribution in [2.24, 2.45) is 0 Å². The topological polar surface area (TPSA) is 26.3 Å². The molecule has 1 aromatic rings. The summed E-state index contributed by atoms with van der Waals surface area (Å²) in [6.45, 7) is 4.04. The first-order valence-electron chi connectivity index (χ1n) is 3.94. The summed E-state index contributed by atoms with van der Waals surface area (Å²) < 4.78 is 5.15. The highest BCUT2D eigenvalue weighted by atomic mass is 32.2. The van der Waals surface area contributed by atoms with E-state index in [4.69, 9.17) is 4.74 Å². The van der Waals surface area contributed by atoms with Crippen molar-refractivity contribution < 1.29 is 9.53 Å². The van der Waals surface area contributed by atoms with Crippen molar-refractivity contribution in [1.82, 2.24) is 0 Å². The monoisotopic (exact) mass is 196 g/mol. The van der Waals surface area contributed by atoms with Crippen molar-refractivity contribution in [3.05, 3.63) is 23.3 Å². The van der Waals surface area contributed by atoms with Crippen LogP contribution >= 0.6 is 11.8 Å². The third-order valence-electron chi connectivity index (χ3n) is 1.96. The molecule has 0 unspecified atom stereocenters. The molecular weight excluding hydrogens is 184 g/mol. The minimum atomic E-state index is 0.764. The second-order valence-corrected chi connectivity index (χ2v) is 3.67. The molecule has 0 aliphatic carbocycles. The van der Waals surface area contributed by atoms with Crippen molar-refractivity contribution >= 4 is 17.4 Å². The fourth-order valence-electron chi connectivity index (χ4n) is 1.07. The number of methoxy groups -OCH3 is 1. The maximum atomic E-state index is 10.3. The first-order chi connectivity index (χ1) is 6.19. The predicted molar refractivity (Wildman–Crippen MR) is 55.1 cm³/mol. The Morgan fingerprint density at radius 3 is 2.46 bits per heavy atom. The van der Waals surface area contributed by atoms with Crippen LogP contribution in [0.2, 0.25) is 0 Å². The van der Waals surface area contributed by atoms with Crippen LogP contribution in [-0.4, -0.2) is 12.7 Å². The van der Waals surface area contributed by atoms with Crippen LogP contribution in [0, 0.1) is 13.8 Å². The third kappa shape index (κ3) is 2.25. The van der Waals surface area contributed by atoms with E-state index in [0.717, 1.165) is 28.0 Å². The van der Waals surface area contributed by atoms with Crippen LogP contribution in [0.25, 0.3) is 0 Å². The van der Waals surface area contributed by atoms with Gasteiger partial charge < -0.3 is 4.74 Å². The summed E-state index contributed by atoms with van der Waals surface area (Å²) >= 11 is 1.14. The van der Waals surface area contributed by atoms with E-state index in [2.05, 4.69) is 0 Å². The van der Waals surface area contributed by atoms with Crippen molar-refractivity contribution in [3.63, 3.8) is 0 Å². The van der Waals surface area contributed by atoms with Crippen LogP contribution in [0.1, 0.15) is 11.1 Å². The molecule has 0 atom stereocenters. The predicted octanol–water partition coefficient (Wildman–Crippen LogP) is 2.59. The lowest BCUT2D eigenvalue weighted by Crippen LogP contribution is -1.90. The highest BCUT2D eigenvalue weighted by Gasteiger charge is 2.05. The highest BCUT2D eigenvalue weighted by Crippen LogP contribution is 2.30. The molecule has 1 aromatic carbocycles. The van der Waals surface area contributed by atoms with Gasteiger partial charge in [-0.15, -0.1) is 0 Å². The van der Waals surface area contributed by atoms with Gasteiger partial charge in [0.25, 0.3) is 0 Å². The molecule has 2 nitrogen and oxygen atoms in total. The molecule has 0 aromatic heterocycles. The van der Waals surface area contributed by atoms with E-state index in [0.29, 0.717) is 0 Å². The molecular formula is C10H12O2S. The molecule has 1 rings (SSSR count). The van der Waals surface area contributed by atoms with Gasteiger partial charge in [-0.25, -0.2) is 0 Å². The molecule has 0 heterocycles. The fourth-order valence-corrected chi connectivity index (χ4v) is 1.67. The van der Waals surface area contributed by atoms with Crippen LogP contribution in [0.15, 0.2) is 17.0 Å². The van der Waals surface area contributed by atoms with Crippen LogP contribution in [0.4, 0.5) is 0 Å². The zero-order valence-electron chi connectivity index (χ0n) is 7.96. The maximum absolute atomic E-state index is 10.3. The van der Waals surface area contributed by atoms with E-state index in [1.807, 2.05) is 26.0 Å². The first kappa shape index (κ1) is 10.1. The molecule has 13 heavy (non-hydrogen) atoms. The van der Waals surface area contributed by atoms with Crippen LogP contribution in [0.3, 0.4) is 0 Å². The van der Waals surface area contributed by atoms with Gasteiger partial charge in [0.15, 0.2) is 5.62 Å². The van der Waals surface area contributed by atoms with Gasteiger partial charge in [0.1, 0.15) is 5.75 Å². The number of aryl methyl sites for hydroxylation is 2. The van der Waals surface area contributed by atoms with Gasteiger partial charge >= 0.3 is 0 Å². The summed E-state index contributed by atoms with van der Waals surface area (Å²) in [4.78, 5) is 11.2. The number of rotatable bonds is 3. The van der Waals surface area contributed by atoms with Gasteiger partial charge in [-0.2, -0.15) is 0 Å². The molecule has 0 saturated heterocycles. The molecule has 0 N–H and O–H groups in total. The largest absolute Gasteiger partial charge is 0.496 e. The number of thioether (sulfide) groups is 1. The van der Waals surface area contributed by atoms with E-state index in [-0.39, 0.29) is 0 Å². The van der Waals surface area contributed by atoms with E-state index in [1.165, 1.54) is 11.1 Å². The lowest BCUT2D eigenvalue weighted by atomic mass is 10.1. The second kappa shape index (κ2) is 4.33. The Balaban J connectivity index is 3.15. The van der Waals surface area contributed by atoms with Gasteiger partial charge in [-0.05, 0) is 37.1 Å². The fraction of sp³-hybridized carbons (Fsp3) is 0.300. The number of carbonyl (C=O) groups is 1. The lowest BCUT2D eigenvalue weighted by Gasteiger charge is -2.08. The summed E-state index contributed by atoms with van der Waals surface area (Å²) in [5.41, 5.74) is 3.16. The zero-order valence-corrected chi connectivity index (χ0v) is 8.77. The Morgan fingerprint density at radius 1 is 1.31 bits per heavy atom. The van der Waals surface area contributed by atoms with Crippen LogP contribution in [-0.2, 0) is 4.79 Å². The van der Waals surface area contributed by atoms with Gasteiger partial charge in [0.05, 0.1) is 12.0 Å². The average Bonchev–Trinajstić information content (AvgIpc) is 2.11. The van der Waals surface area contributed by atoms with Gasteiger partial charge in [0, 0.05) is 0 Å². The Labute approximate surface area is 82.3 Å². The molecule has 0 aliphatic heterocycles. The summed E-state index contributed by atoms with van der Waals surface area (Å²) in [5, 5.41) is 0. The molecule has 0 amide bonds. The second-order valence-electron chi connectivity index (χ2n) is 2.80. The number of hydrogen-bond acceptors (Lipinski definition) is 3. The van der Waals surface area contributed by atoms with Crippen molar-refractivity contribution in [3.8, 4) is 5.75 Å². The number of carbonyl (C=O) groups excluding carboxylic acids is 1. The normalized spacial score (nSPS) is 9.77. The molecule has 0 fully saturated rings. The van der Waals surface area contributed by atoms with E-state index in [9.17, 15) is 4.79 Å². The Hall–Kier alpha value is -0.960. The minimum Gasteiger partial charge on any atom is -0.496 e. The van der Waals surface area contributed by atoms with Crippen LogP contribution < -0.4 is 4.74 Å². The first-order valence-corrected chi connectivity index (χ1v) is 4.82. The van der Waals surface area contributed by atoms with Crippen molar-refractivity contribution in [2.75, 3.05) is 7.11 Å². The lowest BCUT2D eigenvalue weighted by molar-refractivity contribution is 0.404. The molecule has 0 spiro atoms. The number of hydrogen-bond donors (Lipinski definition) is 0. The minimum absolute atomic E-state index is 0.764. The summed E-state index contributed by atoms with van der Waals surface area (Å²) in [6, 6.07) is 3.91. The molecule has 3 heteroatoms. The summed E-state index contributed by atoms with van der Waals surface area (Å²) in [5.74, 6) is 0.764. The molecule has 70 valence electrons. The Bertz CT molecular complexity index is 321. The van der Waals surface area contributed by atoms with E-state index in [1.54, 1.807) is 7.11 Å². The third-order valence-corrected chi connectivity index (χ3v) is 2.62. The average molecular weight is 196 g/mol. The molecule has 0 saturated carbocycles. The van der Waals surface area contributed by atoms with Crippen LogP contribution in [0.5, 0.6) is 5.75 Å². The van der Waals surface area contributed by atoms with Gasteiger partial charge in [0.2, 0.25) is 0 Å². The standard InChI is InChI=1S/C10H12O2S/c1-7-4-9(12-3)10(13-6-11)5-8(7)2/h4-6H,1-3H3. The van der Waals surface area contributed by atoms with E-state index < -0.39 is 0 Å². The number of benzene rings is 1. The zero-order chi connectivity index (χ0) is 9.84. The van der Waals surface area contributed by atoms with Crippen molar-refractivity contribution in [2.45, 2.75) is 18.7 Å². The molecule has 0 aliphatic rings. The Morgan fingerprint density at radius 2 is 1.92 bits per heavy atom. The summed E-state index contributed by atoms with van der Waals surface area (Å²) in [7, 11) is 1.61. The van der Waals surface area contributed by atoms with Gasteiger partial charge in [-0.1, -0.05) is 11.8 Å². The quantitative estimate of drug-likeness (QED) is 0.549. The SMILES string of the molecule is COc1cc(C)c(C)cc1SC=O. The van der Waals surface area contributed by atoms with Gasteiger partial charge in [-0.3, -0.25) is 4.79 Å².